The average Bonchev–Trinajstić information content (AvgIpc) is 2.67. The number of aryl methyl sites for hydroxylation is 1. The van der Waals surface area contributed by atoms with E-state index in [0.717, 1.165) is 11.3 Å². The van der Waals surface area contributed by atoms with Crippen LogP contribution in [0, 0.1) is 0 Å². The van der Waals surface area contributed by atoms with Crippen LogP contribution in [0.25, 0.3) is 0 Å². The second-order valence-corrected chi connectivity index (χ2v) is 5.81. The number of rotatable bonds is 6. The van der Waals surface area contributed by atoms with Gasteiger partial charge in [-0.25, -0.2) is 0 Å². The maximum atomic E-state index is 12.5. The number of anilines is 1. The fourth-order valence-electron chi connectivity index (χ4n) is 2.63. The lowest BCUT2D eigenvalue weighted by atomic mass is 9.99. The second kappa shape index (κ2) is 8.06. The van der Waals surface area contributed by atoms with E-state index in [1.54, 1.807) is 0 Å². The topological polar surface area (TPSA) is 46.2 Å². The molecular formula is C22H19NO2. The van der Waals surface area contributed by atoms with Crippen LogP contribution >= 0.6 is 0 Å². The number of amides is 1. The molecule has 0 atom stereocenters. The lowest BCUT2D eigenvalue weighted by molar-refractivity contribution is -0.116. The largest absolute Gasteiger partial charge is 0.326 e. The van der Waals surface area contributed by atoms with Gasteiger partial charge in [0.25, 0.3) is 0 Å². The lowest BCUT2D eigenvalue weighted by Gasteiger charge is -2.07. The van der Waals surface area contributed by atoms with Crippen molar-refractivity contribution in [3.8, 4) is 0 Å². The van der Waals surface area contributed by atoms with Crippen LogP contribution in [0.4, 0.5) is 5.69 Å². The molecule has 124 valence electrons. The number of nitrogens with one attached hydrogen (secondary N) is 1. The van der Waals surface area contributed by atoms with Crippen molar-refractivity contribution in [2.45, 2.75) is 12.8 Å². The molecule has 0 fully saturated rings. The quantitative estimate of drug-likeness (QED) is 0.677. The van der Waals surface area contributed by atoms with Crippen LogP contribution in [-0.2, 0) is 11.2 Å². The Morgan fingerprint density at radius 3 is 2.08 bits per heavy atom. The summed E-state index contributed by atoms with van der Waals surface area (Å²) in [6.45, 7) is 0. The first kappa shape index (κ1) is 16.7. The Kier molecular flexibility index (Phi) is 5.37. The van der Waals surface area contributed by atoms with E-state index in [-0.39, 0.29) is 11.7 Å². The molecule has 0 aromatic heterocycles. The number of ketones is 1. The molecule has 0 spiro atoms. The van der Waals surface area contributed by atoms with Crippen molar-refractivity contribution < 1.29 is 9.59 Å². The Hall–Kier alpha value is -3.20. The summed E-state index contributed by atoms with van der Waals surface area (Å²) in [7, 11) is 0. The van der Waals surface area contributed by atoms with E-state index < -0.39 is 0 Å². The number of hydrogen-bond acceptors (Lipinski definition) is 2. The van der Waals surface area contributed by atoms with Gasteiger partial charge in [0.1, 0.15) is 0 Å². The molecule has 3 nitrogen and oxygen atoms in total. The van der Waals surface area contributed by atoms with Crippen LogP contribution < -0.4 is 5.32 Å². The van der Waals surface area contributed by atoms with E-state index >= 15 is 0 Å². The van der Waals surface area contributed by atoms with Crippen molar-refractivity contribution in [2.24, 2.45) is 0 Å². The average molecular weight is 329 g/mol. The Morgan fingerprint density at radius 1 is 0.720 bits per heavy atom. The van der Waals surface area contributed by atoms with E-state index in [1.165, 1.54) is 0 Å². The van der Waals surface area contributed by atoms with Gasteiger partial charge in [-0.05, 0) is 30.2 Å². The number of para-hydroxylation sites is 1. The molecule has 0 aliphatic heterocycles. The summed E-state index contributed by atoms with van der Waals surface area (Å²) in [6, 6.07) is 26.1. The van der Waals surface area contributed by atoms with Gasteiger partial charge in [0.2, 0.25) is 5.91 Å². The molecule has 0 saturated carbocycles. The van der Waals surface area contributed by atoms with E-state index in [2.05, 4.69) is 5.32 Å². The van der Waals surface area contributed by atoms with Crippen LogP contribution in [0.15, 0.2) is 84.9 Å². The molecule has 25 heavy (non-hydrogen) atoms. The summed E-state index contributed by atoms with van der Waals surface area (Å²) in [4.78, 5) is 24.5. The summed E-state index contributed by atoms with van der Waals surface area (Å²) in [5, 5.41) is 2.87. The highest BCUT2D eigenvalue weighted by Gasteiger charge is 2.09. The Balaban J connectivity index is 1.62. The molecule has 1 N–H and O–H groups in total. The SMILES string of the molecule is O=C(CCc1cccc(C(=O)c2ccccc2)c1)Nc1ccccc1. The normalized spacial score (nSPS) is 10.2. The molecule has 0 bridgehead atoms. The fraction of sp³-hybridized carbons (Fsp3) is 0.0909. The highest BCUT2D eigenvalue weighted by Crippen LogP contribution is 2.14. The summed E-state index contributed by atoms with van der Waals surface area (Å²) in [5.41, 5.74) is 3.08. The first-order valence-corrected chi connectivity index (χ1v) is 8.26. The first-order valence-electron chi connectivity index (χ1n) is 8.26. The van der Waals surface area contributed by atoms with Gasteiger partial charge in [0.05, 0.1) is 0 Å². The minimum Gasteiger partial charge on any atom is -0.326 e. The van der Waals surface area contributed by atoms with Gasteiger partial charge in [0.15, 0.2) is 5.78 Å². The van der Waals surface area contributed by atoms with Crippen molar-refractivity contribution in [1.82, 2.24) is 0 Å². The van der Waals surface area contributed by atoms with Crippen molar-refractivity contribution in [1.29, 1.82) is 0 Å². The zero-order valence-electron chi connectivity index (χ0n) is 13.8. The zero-order valence-corrected chi connectivity index (χ0v) is 13.8. The van der Waals surface area contributed by atoms with Gasteiger partial charge in [-0.2, -0.15) is 0 Å². The molecule has 1 amide bonds. The van der Waals surface area contributed by atoms with Crippen molar-refractivity contribution in [2.75, 3.05) is 5.32 Å². The summed E-state index contributed by atoms with van der Waals surface area (Å²) >= 11 is 0. The Labute approximate surface area is 147 Å². The lowest BCUT2D eigenvalue weighted by Crippen LogP contribution is -2.12. The van der Waals surface area contributed by atoms with Crippen molar-refractivity contribution in [3.63, 3.8) is 0 Å². The van der Waals surface area contributed by atoms with Gasteiger partial charge in [-0.15, -0.1) is 0 Å². The van der Waals surface area contributed by atoms with Crippen LogP contribution in [0.3, 0.4) is 0 Å². The predicted molar refractivity (Wildman–Crippen MR) is 99.7 cm³/mol. The summed E-state index contributed by atoms with van der Waals surface area (Å²) in [5.74, 6) is -0.0397. The third-order valence-corrected chi connectivity index (χ3v) is 3.92. The third kappa shape index (κ3) is 4.64. The predicted octanol–water partition coefficient (Wildman–Crippen LogP) is 4.49. The second-order valence-electron chi connectivity index (χ2n) is 5.81. The van der Waals surface area contributed by atoms with E-state index in [1.807, 2.05) is 84.9 Å². The van der Waals surface area contributed by atoms with Crippen LogP contribution in [0.5, 0.6) is 0 Å². The summed E-state index contributed by atoms with van der Waals surface area (Å²) in [6.07, 6.45) is 0.965. The molecule has 0 aliphatic carbocycles. The Bertz CT molecular complexity index is 857. The molecule has 3 heteroatoms. The molecule has 0 saturated heterocycles. The number of carbonyl (C=O) groups is 2. The maximum Gasteiger partial charge on any atom is 0.224 e. The highest BCUT2D eigenvalue weighted by atomic mass is 16.1. The minimum atomic E-state index is -0.0361. The molecule has 0 heterocycles. The standard InChI is InChI=1S/C22H19NO2/c24-21(23-20-12-5-2-6-13-20)15-14-17-8-7-11-19(16-17)22(25)18-9-3-1-4-10-18/h1-13,16H,14-15H2,(H,23,24). The molecule has 0 radical (unpaired) electrons. The van der Waals surface area contributed by atoms with Crippen LogP contribution in [-0.4, -0.2) is 11.7 Å². The minimum absolute atomic E-state index is 0.00353. The number of benzene rings is 3. The van der Waals surface area contributed by atoms with E-state index in [9.17, 15) is 9.59 Å². The zero-order chi connectivity index (χ0) is 17.5. The molecule has 3 rings (SSSR count). The number of hydrogen-bond donors (Lipinski definition) is 1. The molecular weight excluding hydrogens is 310 g/mol. The highest BCUT2D eigenvalue weighted by molar-refractivity contribution is 6.09. The van der Waals surface area contributed by atoms with Gasteiger partial charge < -0.3 is 5.32 Å². The summed E-state index contributed by atoms with van der Waals surface area (Å²) < 4.78 is 0. The third-order valence-electron chi connectivity index (χ3n) is 3.92. The fourth-order valence-corrected chi connectivity index (χ4v) is 2.63. The van der Waals surface area contributed by atoms with Gasteiger partial charge in [0, 0.05) is 23.2 Å². The van der Waals surface area contributed by atoms with Crippen molar-refractivity contribution in [3.05, 3.63) is 102 Å². The Morgan fingerprint density at radius 2 is 1.36 bits per heavy atom. The van der Waals surface area contributed by atoms with E-state index in [4.69, 9.17) is 0 Å². The molecule has 3 aromatic carbocycles. The molecule has 0 aliphatic rings. The van der Waals surface area contributed by atoms with E-state index in [0.29, 0.717) is 24.0 Å². The number of carbonyl (C=O) groups excluding carboxylic acids is 2. The van der Waals surface area contributed by atoms with Gasteiger partial charge >= 0.3 is 0 Å². The monoisotopic (exact) mass is 329 g/mol. The first-order chi connectivity index (χ1) is 12.2. The van der Waals surface area contributed by atoms with Gasteiger partial charge in [-0.1, -0.05) is 66.7 Å². The van der Waals surface area contributed by atoms with Gasteiger partial charge in [-0.3, -0.25) is 9.59 Å². The van der Waals surface area contributed by atoms with Crippen LogP contribution in [0.1, 0.15) is 27.9 Å². The smallest absolute Gasteiger partial charge is 0.224 e. The van der Waals surface area contributed by atoms with Crippen LogP contribution in [0.2, 0.25) is 0 Å². The maximum absolute atomic E-state index is 12.5. The molecule has 3 aromatic rings. The molecule has 0 unspecified atom stereocenters. The van der Waals surface area contributed by atoms with Crippen molar-refractivity contribution >= 4 is 17.4 Å².